The fourth-order valence-electron chi connectivity index (χ4n) is 2.54. The van der Waals surface area contributed by atoms with E-state index in [1.54, 1.807) is 24.3 Å². The van der Waals surface area contributed by atoms with Gasteiger partial charge in [-0.1, -0.05) is 29.3 Å². The van der Waals surface area contributed by atoms with Crippen molar-refractivity contribution in [2.75, 3.05) is 51.1 Å². The normalized spacial score (nSPS) is 15.6. The molecule has 1 aliphatic heterocycles. The van der Waals surface area contributed by atoms with Crippen molar-refractivity contribution in [3.8, 4) is 0 Å². The van der Waals surface area contributed by atoms with Crippen LogP contribution in [0.5, 0.6) is 0 Å². The van der Waals surface area contributed by atoms with Crippen LogP contribution in [0.4, 0.5) is 5.69 Å². The molecule has 1 aliphatic rings. The van der Waals surface area contributed by atoms with E-state index in [2.05, 4.69) is 22.1 Å². The number of nitrogens with zero attached hydrogens (tertiary/aromatic N) is 2. The Balaban J connectivity index is 1.74. The number of carbonyl (C=O) groups is 2. The van der Waals surface area contributed by atoms with Crippen molar-refractivity contribution in [1.82, 2.24) is 15.1 Å². The van der Waals surface area contributed by atoms with Gasteiger partial charge in [0.15, 0.2) is 0 Å². The number of hydrogen-bond acceptors (Lipinski definition) is 4. The van der Waals surface area contributed by atoms with Crippen LogP contribution in [-0.4, -0.2) is 67.4 Å². The zero-order valence-electron chi connectivity index (χ0n) is 13.9. The lowest BCUT2D eigenvalue weighted by Crippen LogP contribution is -2.51. The quantitative estimate of drug-likeness (QED) is 0.704. The number of amides is 2. The predicted molar refractivity (Wildman–Crippen MR) is 101 cm³/mol. The number of carbonyl (C=O) groups excluding carboxylic acids is 2. The molecular weight excluding hydrogens is 363 g/mol. The van der Waals surface area contributed by atoms with Gasteiger partial charge in [-0.15, -0.1) is 6.58 Å². The summed E-state index contributed by atoms with van der Waals surface area (Å²) in [7, 11) is 0. The number of piperazine rings is 1. The minimum atomic E-state index is -0.138. The maximum atomic E-state index is 12.2. The van der Waals surface area contributed by atoms with Crippen molar-refractivity contribution in [2.24, 2.45) is 0 Å². The second kappa shape index (κ2) is 9.77. The molecule has 1 fully saturated rings. The SMILES string of the molecule is C=CCNC(=O)CN1CCN(CC(=O)Nc2cc(Cl)ccc2Cl)CC1. The molecule has 0 radical (unpaired) electrons. The Bertz CT molecular complexity index is 631. The Hall–Kier alpha value is -1.60. The molecule has 8 heteroatoms. The number of nitrogens with one attached hydrogen (secondary N) is 2. The van der Waals surface area contributed by atoms with Crippen molar-refractivity contribution in [3.05, 3.63) is 40.9 Å². The van der Waals surface area contributed by atoms with E-state index in [1.165, 1.54) is 0 Å². The summed E-state index contributed by atoms with van der Waals surface area (Å²) in [6.07, 6.45) is 1.65. The van der Waals surface area contributed by atoms with Gasteiger partial charge in [0.25, 0.3) is 0 Å². The van der Waals surface area contributed by atoms with Gasteiger partial charge in [-0.3, -0.25) is 19.4 Å². The van der Waals surface area contributed by atoms with E-state index in [0.29, 0.717) is 28.8 Å². The van der Waals surface area contributed by atoms with Crippen LogP contribution in [0.1, 0.15) is 0 Å². The minimum absolute atomic E-state index is 0.0123. The van der Waals surface area contributed by atoms with Crippen LogP contribution < -0.4 is 10.6 Å². The highest BCUT2D eigenvalue weighted by molar-refractivity contribution is 6.35. The van der Waals surface area contributed by atoms with Gasteiger partial charge in [0.05, 0.1) is 23.8 Å². The van der Waals surface area contributed by atoms with Crippen molar-refractivity contribution < 1.29 is 9.59 Å². The van der Waals surface area contributed by atoms with Crippen LogP contribution in [-0.2, 0) is 9.59 Å². The van der Waals surface area contributed by atoms with Gasteiger partial charge in [0, 0.05) is 37.7 Å². The van der Waals surface area contributed by atoms with Gasteiger partial charge < -0.3 is 10.6 Å². The van der Waals surface area contributed by atoms with Crippen molar-refractivity contribution >= 4 is 40.7 Å². The van der Waals surface area contributed by atoms with Crippen LogP contribution in [0.15, 0.2) is 30.9 Å². The van der Waals surface area contributed by atoms with Crippen molar-refractivity contribution in [3.63, 3.8) is 0 Å². The lowest BCUT2D eigenvalue weighted by molar-refractivity contribution is -0.123. The van der Waals surface area contributed by atoms with E-state index in [0.717, 1.165) is 26.2 Å². The summed E-state index contributed by atoms with van der Waals surface area (Å²) in [5, 5.41) is 6.51. The Morgan fingerprint density at radius 3 is 2.28 bits per heavy atom. The summed E-state index contributed by atoms with van der Waals surface area (Å²) in [6.45, 7) is 7.63. The molecule has 0 aromatic heterocycles. The van der Waals surface area contributed by atoms with E-state index in [1.807, 2.05) is 4.90 Å². The highest BCUT2D eigenvalue weighted by Crippen LogP contribution is 2.25. The third-order valence-electron chi connectivity index (χ3n) is 3.85. The highest BCUT2D eigenvalue weighted by Gasteiger charge is 2.20. The second-order valence-electron chi connectivity index (χ2n) is 5.82. The number of anilines is 1. The molecule has 0 aliphatic carbocycles. The van der Waals surface area contributed by atoms with Crippen molar-refractivity contribution in [2.45, 2.75) is 0 Å². The molecule has 6 nitrogen and oxygen atoms in total. The summed E-state index contributed by atoms with van der Waals surface area (Å²) >= 11 is 12.0. The lowest BCUT2D eigenvalue weighted by atomic mass is 10.3. The Labute approximate surface area is 157 Å². The summed E-state index contributed by atoms with van der Waals surface area (Å²) in [4.78, 5) is 28.0. The topological polar surface area (TPSA) is 64.7 Å². The van der Waals surface area contributed by atoms with E-state index in [4.69, 9.17) is 23.2 Å². The average Bonchev–Trinajstić information content (AvgIpc) is 2.58. The monoisotopic (exact) mass is 384 g/mol. The fourth-order valence-corrected chi connectivity index (χ4v) is 2.87. The number of hydrogen-bond donors (Lipinski definition) is 2. The largest absolute Gasteiger partial charge is 0.352 e. The van der Waals surface area contributed by atoms with Crippen LogP contribution >= 0.6 is 23.2 Å². The molecule has 2 amide bonds. The number of rotatable bonds is 7. The molecule has 1 saturated heterocycles. The maximum absolute atomic E-state index is 12.2. The molecule has 2 N–H and O–H groups in total. The molecule has 0 unspecified atom stereocenters. The fraction of sp³-hybridized carbons (Fsp3) is 0.412. The van der Waals surface area contributed by atoms with Crippen LogP contribution in [0.25, 0.3) is 0 Å². The van der Waals surface area contributed by atoms with Gasteiger partial charge >= 0.3 is 0 Å². The van der Waals surface area contributed by atoms with Gasteiger partial charge in [0.1, 0.15) is 0 Å². The molecule has 0 saturated carbocycles. The lowest BCUT2D eigenvalue weighted by Gasteiger charge is -2.33. The van der Waals surface area contributed by atoms with E-state index in [9.17, 15) is 9.59 Å². The molecule has 1 aromatic carbocycles. The maximum Gasteiger partial charge on any atom is 0.238 e. The average molecular weight is 385 g/mol. The highest BCUT2D eigenvalue weighted by atomic mass is 35.5. The first-order chi connectivity index (χ1) is 12.0. The minimum Gasteiger partial charge on any atom is -0.352 e. The molecule has 25 heavy (non-hydrogen) atoms. The summed E-state index contributed by atoms with van der Waals surface area (Å²) < 4.78 is 0. The molecule has 0 bridgehead atoms. The molecule has 0 atom stereocenters. The summed E-state index contributed by atoms with van der Waals surface area (Å²) in [5.41, 5.74) is 0.511. The molecular formula is C17H22Cl2N4O2. The van der Waals surface area contributed by atoms with Gasteiger partial charge in [-0.05, 0) is 18.2 Å². The van der Waals surface area contributed by atoms with Crippen LogP contribution in [0, 0.1) is 0 Å². The first-order valence-electron chi connectivity index (χ1n) is 8.05. The molecule has 0 spiro atoms. The number of benzene rings is 1. The Morgan fingerprint density at radius 1 is 1.08 bits per heavy atom. The van der Waals surface area contributed by atoms with Gasteiger partial charge in [-0.2, -0.15) is 0 Å². The smallest absolute Gasteiger partial charge is 0.238 e. The Morgan fingerprint density at radius 2 is 1.68 bits per heavy atom. The summed E-state index contributed by atoms with van der Waals surface area (Å²) in [6, 6.07) is 4.95. The first kappa shape index (κ1) is 19.7. The molecule has 1 aromatic rings. The molecule has 136 valence electrons. The summed E-state index contributed by atoms with van der Waals surface area (Å²) in [5.74, 6) is -0.150. The second-order valence-corrected chi connectivity index (χ2v) is 6.66. The first-order valence-corrected chi connectivity index (χ1v) is 8.80. The zero-order valence-corrected chi connectivity index (χ0v) is 15.4. The standard InChI is InChI=1S/C17H22Cl2N4O2/c1-2-5-20-16(24)11-22-6-8-23(9-7-22)12-17(25)21-15-10-13(18)3-4-14(15)19/h2-4,10H,1,5-9,11-12H2,(H,20,24)(H,21,25). The van der Waals surface area contributed by atoms with Crippen LogP contribution in [0.3, 0.4) is 0 Å². The van der Waals surface area contributed by atoms with Crippen LogP contribution in [0.2, 0.25) is 10.0 Å². The van der Waals surface area contributed by atoms with Gasteiger partial charge in [0.2, 0.25) is 11.8 Å². The van der Waals surface area contributed by atoms with E-state index < -0.39 is 0 Å². The zero-order chi connectivity index (χ0) is 18.2. The van der Waals surface area contributed by atoms with Crippen molar-refractivity contribution in [1.29, 1.82) is 0 Å². The third-order valence-corrected chi connectivity index (χ3v) is 4.41. The third kappa shape index (κ3) is 6.66. The Kier molecular flexibility index (Phi) is 7.71. The predicted octanol–water partition coefficient (Wildman–Crippen LogP) is 1.85. The molecule has 2 rings (SSSR count). The molecule has 1 heterocycles. The van der Waals surface area contributed by atoms with Gasteiger partial charge in [-0.25, -0.2) is 0 Å². The number of halogens is 2. The van der Waals surface area contributed by atoms with E-state index in [-0.39, 0.29) is 18.4 Å². The van der Waals surface area contributed by atoms with E-state index >= 15 is 0 Å².